The van der Waals surface area contributed by atoms with Crippen molar-refractivity contribution in [1.29, 1.82) is 0 Å². The highest BCUT2D eigenvalue weighted by Crippen LogP contribution is 2.20. The van der Waals surface area contributed by atoms with Crippen molar-refractivity contribution in [2.75, 3.05) is 17.2 Å². The summed E-state index contributed by atoms with van der Waals surface area (Å²) < 4.78 is 5.15. The molecule has 0 spiro atoms. The van der Waals surface area contributed by atoms with Crippen LogP contribution < -0.4 is 10.6 Å². The molecule has 0 aliphatic rings. The first-order valence-corrected chi connectivity index (χ1v) is 8.38. The number of benzene rings is 2. The van der Waals surface area contributed by atoms with E-state index in [1.807, 2.05) is 37.3 Å². The molecule has 0 fully saturated rings. The summed E-state index contributed by atoms with van der Waals surface area (Å²) in [5.74, 6) is -1.40. The summed E-state index contributed by atoms with van der Waals surface area (Å²) in [5, 5.41) is 5.28. The van der Waals surface area contributed by atoms with Crippen molar-refractivity contribution < 1.29 is 19.1 Å². The molecule has 0 saturated heterocycles. The lowest BCUT2D eigenvalue weighted by Gasteiger charge is -2.14. The minimum absolute atomic E-state index is 0.169. The average Bonchev–Trinajstić information content (AvgIpc) is 2.63. The Morgan fingerprint density at radius 3 is 2.04 bits per heavy atom. The fourth-order valence-electron chi connectivity index (χ4n) is 2.50. The smallest absolute Gasteiger partial charge is 0.313 e. The molecule has 0 aliphatic heterocycles. The van der Waals surface area contributed by atoms with E-state index in [4.69, 9.17) is 4.74 Å². The summed E-state index contributed by atoms with van der Waals surface area (Å²) in [6.45, 7) is 2.97. The maximum absolute atomic E-state index is 12.2. The van der Waals surface area contributed by atoms with Crippen molar-refractivity contribution in [3.63, 3.8) is 0 Å². The minimum Gasteiger partial charge on any atom is -0.455 e. The molecule has 0 aromatic heterocycles. The van der Waals surface area contributed by atoms with Gasteiger partial charge in [-0.3, -0.25) is 14.4 Å². The predicted octanol–water partition coefficient (Wildman–Crippen LogP) is 3.32. The standard InChI is InChI=1S/C20H22N2O4/c1-3-18(15-7-5-4-6-8-15)20(25)26-13-19(24)22-17-11-9-16(10-12-17)21-14(2)23/h4-12,18H,3,13H2,1-2H3,(H,21,23)(H,22,24)/t18-/m1/s1. The van der Waals surface area contributed by atoms with E-state index in [0.29, 0.717) is 17.8 Å². The van der Waals surface area contributed by atoms with Crippen molar-refractivity contribution in [2.45, 2.75) is 26.2 Å². The molecular weight excluding hydrogens is 332 g/mol. The van der Waals surface area contributed by atoms with Gasteiger partial charge in [0, 0.05) is 18.3 Å². The number of anilines is 2. The molecule has 2 N–H and O–H groups in total. The molecule has 26 heavy (non-hydrogen) atoms. The number of carbonyl (C=O) groups excluding carboxylic acids is 3. The molecule has 0 saturated carbocycles. The fourth-order valence-corrected chi connectivity index (χ4v) is 2.50. The Balaban J connectivity index is 1.85. The molecule has 6 nitrogen and oxygen atoms in total. The van der Waals surface area contributed by atoms with Crippen molar-refractivity contribution in [3.05, 3.63) is 60.2 Å². The quantitative estimate of drug-likeness (QED) is 0.747. The summed E-state index contributed by atoms with van der Waals surface area (Å²) in [6.07, 6.45) is 0.592. The Hall–Kier alpha value is -3.15. The van der Waals surface area contributed by atoms with Gasteiger partial charge in [-0.1, -0.05) is 37.3 Å². The second-order valence-corrected chi connectivity index (χ2v) is 5.79. The van der Waals surface area contributed by atoms with Crippen molar-refractivity contribution >= 4 is 29.2 Å². The lowest BCUT2D eigenvalue weighted by molar-refractivity contribution is -0.149. The summed E-state index contributed by atoms with van der Waals surface area (Å²) in [4.78, 5) is 35.2. The summed E-state index contributed by atoms with van der Waals surface area (Å²) in [6, 6.07) is 16.0. The van der Waals surface area contributed by atoms with Gasteiger partial charge in [-0.2, -0.15) is 0 Å². The van der Waals surface area contributed by atoms with Crippen LogP contribution in [0.3, 0.4) is 0 Å². The van der Waals surface area contributed by atoms with E-state index >= 15 is 0 Å². The molecular formula is C20H22N2O4. The van der Waals surface area contributed by atoms with Crippen molar-refractivity contribution in [1.82, 2.24) is 0 Å². The number of hydrogen-bond acceptors (Lipinski definition) is 4. The van der Waals surface area contributed by atoms with Crippen molar-refractivity contribution in [3.8, 4) is 0 Å². The van der Waals surface area contributed by atoms with Crippen LogP contribution in [-0.4, -0.2) is 24.4 Å². The average molecular weight is 354 g/mol. The van der Waals surface area contributed by atoms with E-state index in [1.54, 1.807) is 24.3 Å². The van der Waals surface area contributed by atoms with Gasteiger partial charge in [-0.15, -0.1) is 0 Å². The molecule has 1 atom stereocenters. The molecule has 136 valence electrons. The Morgan fingerprint density at radius 2 is 1.50 bits per heavy atom. The Bertz CT molecular complexity index is 757. The van der Waals surface area contributed by atoms with Gasteiger partial charge in [0.1, 0.15) is 0 Å². The van der Waals surface area contributed by atoms with E-state index in [-0.39, 0.29) is 18.4 Å². The van der Waals surface area contributed by atoms with E-state index in [9.17, 15) is 14.4 Å². The van der Waals surface area contributed by atoms with Gasteiger partial charge in [0.15, 0.2) is 6.61 Å². The second kappa shape index (κ2) is 9.36. The van der Waals surface area contributed by atoms with Gasteiger partial charge >= 0.3 is 5.97 Å². The second-order valence-electron chi connectivity index (χ2n) is 5.79. The number of amides is 2. The van der Waals surface area contributed by atoms with Gasteiger partial charge in [0.05, 0.1) is 5.92 Å². The van der Waals surface area contributed by atoms with Crippen molar-refractivity contribution in [2.24, 2.45) is 0 Å². The zero-order chi connectivity index (χ0) is 18.9. The zero-order valence-corrected chi connectivity index (χ0v) is 14.8. The Labute approximate surface area is 152 Å². The van der Waals surface area contributed by atoms with Crippen LogP contribution in [0.15, 0.2) is 54.6 Å². The lowest BCUT2D eigenvalue weighted by Crippen LogP contribution is -2.23. The molecule has 0 unspecified atom stereocenters. The van der Waals surface area contributed by atoms with Crippen LogP contribution in [0.5, 0.6) is 0 Å². The van der Waals surface area contributed by atoms with Crippen LogP contribution in [0.25, 0.3) is 0 Å². The van der Waals surface area contributed by atoms with Crippen LogP contribution in [0.4, 0.5) is 11.4 Å². The molecule has 0 aliphatic carbocycles. The van der Waals surface area contributed by atoms with Gasteiger partial charge in [-0.25, -0.2) is 0 Å². The van der Waals surface area contributed by atoms with Gasteiger partial charge in [-0.05, 0) is 36.2 Å². The van der Waals surface area contributed by atoms with Gasteiger partial charge in [0.2, 0.25) is 5.91 Å². The Kier molecular flexibility index (Phi) is 6.91. The largest absolute Gasteiger partial charge is 0.455 e. The number of nitrogens with one attached hydrogen (secondary N) is 2. The van der Waals surface area contributed by atoms with Crippen LogP contribution in [0.2, 0.25) is 0 Å². The molecule has 6 heteroatoms. The van der Waals surface area contributed by atoms with E-state index in [1.165, 1.54) is 6.92 Å². The predicted molar refractivity (Wildman–Crippen MR) is 99.8 cm³/mol. The van der Waals surface area contributed by atoms with E-state index < -0.39 is 11.9 Å². The number of carbonyl (C=O) groups is 3. The molecule has 2 amide bonds. The zero-order valence-electron chi connectivity index (χ0n) is 14.8. The maximum Gasteiger partial charge on any atom is 0.313 e. The first-order valence-electron chi connectivity index (χ1n) is 8.38. The first kappa shape index (κ1) is 19.2. The topological polar surface area (TPSA) is 84.5 Å². The molecule has 0 heterocycles. The maximum atomic E-state index is 12.2. The summed E-state index contributed by atoms with van der Waals surface area (Å²) in [7, 11) is 0. The van der Waals surface area contributed by atoms with E-state index in [0.717, 1.165) is 5.56 Å². The number of hydrogen-bond donors (Lipinski definition) is 2. The third-order valence-electron chi connectivity index (χ3n) is 3.73. The number of rotatable bonds is 7. The van der Waals surface area contributed by atoms with Crippen LogP contribution in [0, 0.1) is 0 Å². The third-order valence-corrected chi connectivity index (χ3v) is 3.73. The monoisotopic (exact) mass is 354 g/mol. The first-order chi connectivity index (χ1) is 12.5. The number of ether oxygens (including phenoxy) is 1. The van der Waals surface area contributed by atoms with Crippen LogP contribution >= 0.6 is 0 Å². The highest BCUT2D eigenvalue weighted by molar-refractivity contribution is 5.94. The fraction of sp³-hybridized carbons (Fsp3) is 0.250. The third kappa shape index (κ3) is 5.73. The van der Waals surface area contributed by atoms with Gasteiger partial charge < -0.3 is 15.4 Å². The number of esters is 1. The molecule has 2 rings (SSSR count). The highest BCUT2D eigenvalue weighted by atomic mass is 16.5. The normalized spacial score (nSPS) is 11.3. The lowest BCUT2D eigenvalue weighted by atomic mass is 9.97. The van der Waals surface area contributed by atoms with E-state index in [2.05, 4.69) is 10.6 Å². The van der Waals surface area contributed by atoms with Gasteiger partial charge in [0.25, 0.3) is 5.91 Å². The SMILES string of the molecule is CC[C@@H](C(=O)OCC(=O)Nc1ccc(NC(C)=O)cc1)c1ccccc1. The molecule has 0 bridgehead atoms. The van der Waals surface area contributed by atoms with Crippen LogP contribution in [0.1, 0.15) is 31.7 Å². The highest BCUT2D eigenvalue weighted by Gasteiger charge is 2.20. The minimum atomic E-state index is -0.423. The Morgan fingerprint density at radius 1 is 0.923 bits per heavy atom. The summed E-state index contributed by atoms with van der Waals surface area (Å²) in [5.41, 5.74) is 2.06. The molecule has 2 aromatic rings. The molecule has 2 aromatic carbocycles. The summed E-state index contributed by atoms with van der Waals surface area (Å²) >= 11 is 0. The molecule has 0 radical (unpaired) electrons. The van der Waals surface area contributed by atoms with Crippen LogP contribution in [-0.2, 0) is 19.1 Å².